The Hall–Kier alpha value is -3.42. The number of piperidine rings is 1. The predicted octanol–water partition coefficient (Wildman–Crippen LogP) is 5.72. The standard InChI is InChI=1S/C24H19F4NO3/c25-20-9-8-18(17-2-1-3-19(21(17)20)24(26,27)28)22(30)29-12-10-15(11-13-29)14-4-6-16(7-5-14)23(31)32/h1-9,15H,10-13H2,(H,31,32). The van der Waals surface area contributed by atoms with Crippen molar-refractivity contribution in [1.82, 2.24) is 4.90 Å². The molecule has 1 aliphatic rings. The van der Waals surface area contributed by atoms with Crippen molar-refractivity contribution in [2.24, 2.45) is 0 Å². The van der Waals surface area contributed by atoms with Gasteiger partial charge in [-0.25, -0.2) is 9.18 Å². The van der Waals surface area contributed by atoms with Crippen LogP contribution in [0.5, 0.6) is 0 Å². The van der Waals surface area contributed by atoms with Gasteiger partial charge >= 0.3 is 12.1 Å². The largest absolute Gasteiger partial charge is 0.478 e. The summed E-state index contributed by atoms with van der Waals surface area (Å²) in [5, 5.41) is 8.36. The summed E-state index contributed by atoms with van der Waals surface area (Å²) in [6.07, 6.45) is -3.48. The molecule has 1 aliphatic heterocycles. The van der Waals surface area contributed by atoms with E-state index in [4.69, 9.17) is 5.11 Å². The molecule has 8 heteroatoms. The Kier molecular flexibility index (Phi) is 5.62. The van der Waals surface area contributed by atoms with Gasteiger partial charge in [-0.3, -0.25) is 4.79 Å². The van der Waals surface area contributed by atoms with Crippen LogP contribution >= 0.6 is 0 Å². The number of likely N-dealkylation sites (tertiary alicyclic amines) is 1. The number of benzene rings is 3. The number of carbonyl (C=O) groups is 2. The molecule has 0 aliphatic carbocycles. The second-order valence-electron chi connectivity index (χ2n) is 7.81. The van der Waals surface area contributed by atoms with Crippen molar-refractivity contribution in [2.45, 2.75) is 24.9 Å². The van der Waals surface area contributed by atoms with Crippen molar-refractivity contribution >= 4 is 22.6 Å². The van der Waals surface area contributed by atoms with Crippen LogP contribution in [0, 0.1) is 5.82 Å². The van der Waals surface area contributed by atoms with Gasteiger partial charge in [-0.1, -0.05) is 24.3 Å². The van der Waals surface area contributed by atoms with Crippen molar-refractivity contribution in [3.8, 4) is 0 Å². The first-order chi connectivity index (χ1) is 15.2. The fraction of sp³-hybridized carbons (Fsp3) is 0.250. The van der Waals surface area contributed by atoms with Crippen molar-refractivity contribution in [2.75, 3.05) is 13.1 Å². The molecule has 3 aromatic carbocycles. The van der Waals surface area contributed by atoms with Crippen LogP contribution in [0.4, 0.5) is 17.6 Å². The van der Waals surface area contributed by atoms with Crippen LogP contribution in [0.3, 0.4) is 0 Å². The fourth-order valence-corrected chi connectivity index (χ4v) is 4.27. The highest BCUT2D eigenvalue weighted by Gasteiger charge is 2.34. The minimum absolute atomic E-state index is 0.0387. The lowest BCUT2D eigenvalue weighted by molar-refractivity contribution is -0.136. The van der Waals surface area contributed by atoms with Gasteiger partial charge in [0.2, 0.25) is 0 Å². The maximum atomic E-state index is 14.3. The van der Waals surface area contributed by atoms with E-state index in [0.717, 1.165) is 17.7 Å². The third-order valence-corrected chi connectivity index (χ3v) is 5.94. The average molecular weight is 445 g/mol. The molecule has 1 N–H and O–H groups in total. The van der Waals surface area contributed by atoms with Gasteiger partial charge in [0, 0.05) is 24.0 Å². The molecule has 3 aromatic rings. The highest BCUT2D eigenvalue weighted by atomic mass is 19.4. The number of amides is 1. The molecule has 1 saturated heterocycles. The maximum absolute atomic E-state index is 14.3. The third kappa shape index (κ3) is 4.04. The lowest BCUT2D eigenvalue weighted by Gasteiger charge is -2.32. The van der Waals surface area contributed by atoms with Gasteiger partial charge in [0.25, 0.3) is 5.91 Å². The van der Waals surface area contributed by atoms with Crippen LogP contribution in [0.2, 0.25) is 0 Å². The third-order valence-electron chi connectivity index (χ3n) is 5.94. The van der Waals surface area contributed by atoms with E-state index in [1.54, 1.807) is 17.0 Å². The first-order valence-corrected chi connectivity index (χ1v) is 10.1. The smallest absolute Gasteiger partial charge is 0.417 e. The Balaban J connectivity index is 1.56. The Labute approximate surface area is 181 Å². The number of carbonyl (C=O) groups excluding carboxylic acids is 1. The Morgan fingerprint density at radius 1 is 0.938 bits per heavy atom. The predicted molar refractivity (Wildman–Crippen MR) is 110 cm³/mol. The lowest BCUT2D eigenvalue weighted by Crippen LogP contribution is -2.38. The maximum Gasteiger partial charge on any atom is 0.417 e. The van der Waals surface area contributed by atoms with Crippen molar-refractivity contribution in [1.29, 1.82) is 0 Å². The van der Waals surface area contributed by atoms with Gasteiger partial charge in [-0.05, 0) is 60.0 Å². The minimum atomic E-state index is -4.74. The number of halogens is 4. The van der Waals surface area contributed by atoms with E-state index in [-0.39, 0.29) is 22.4 Å². The molecule has 1 amide bonds. The number of alkyl halides is 3. The van der Waals surface area contributed by atoms with E-state index in [1.807, 2.05) is 0 Å². The van der Waals surface area contributed by atoms with Gasteiger partial charge in [0.1, 0.15) is 5.82 Å². The second kappa shape index (κ2) is 8.26. The van der Waals surface area contributed by atoms with Gasteiger partial charge in [0.05, 0.1) is 11.1 Å². The highest BCUT2D eigenvalue weighted by molar-refractivity contribution is 6.08. The average Bonchev–Trinajstić information content (AvgIpc) is 2.78. The molecule has 1 heterocycles. The van der Waals surface area contributed by atoms with Crippen LogP contribution in [-0.4, -0.2) is 35.0 Å². The molecule has 0 bridgehead atoms. The molecule has 4 rings (SSSR count). The number of fused-ring (bicyclic) bond motifs is 1. The highest BCUT2D eigenvalue weighted by Crippen LogP contribution is 2.37. The number of carboxylic acid groups (broad SMARTS) is 1. The van der Waals surface area contributed by atoms with Crippen molar-refractivity contribution < 1.29 is 32.3 Å². The summed E-state index contributed by atoms with van der Waals surface area (Å²) < 4.78 is 54.4. The van der Waals surface area contributed by atoms with Crippen LogP contribution < -0.4 is 0 Å². The Morgan fingerprint density at radius 2 is 1.59 bits per heavy atom. The molecule has 1 fully saturated rings. The molecule has 0 aromatic heterocycles. The molecular weight excluding hydrogens is 426 g/mol. The molecule has 4 nitrogen and oxygen atoms in total. The topological polar surface area (TPSA) is 57.6 Å². The lowest BCUT2D eigenvalue weighted by atomic mass is 9.88. The summed E-state index contributed by atoms with van der Waals surface area (Å²) in [6, 6.07) is 12.1. The number of nitrogens with zero attached hydrogens (tertiary/aromatic N) is 1. The quantitative estimate of drug-likeness (QED) is 0.525. The molecule has 0 saturated carbocycles. The second-order valence-corrected chi connectivity index (χ2v) is 7.81. The molecule has 166 valence electrons. The summed E-state index contributed by atoms with van der Waals surface area (Å²) in [7, 11) is 0. The van der Waals surface area contributed by atoms with E-state index in [0.29, 0.717) is 25.9 Å². The van der Waals surface area contributed by atoms with Crippen molar-refractivity contribution in [3.63, 3.8) is 0 Å². The number of hydrogen-bond donors (Lipinski definition) is 1. The van der Waals surface area contributed by atoms with Crippen LogP contribution in [-0.2, 0) is 6.18 Å². The fourth-order valence-electron chi connectivity index (χ4n) is 4.27. The normalized spacial score (nSPS) is 15.2. The molecule has 0 unspecified atom stereocenters. The van der Waals surface area contributed by atoms with Crippen molar-refractivity contribution in [3.05, 3.63) is 82.7 Å². The van der Waals surface area contributed by atoms with E-state index in [1.165, 1.54) is 30.3 Å². The zero-order valence-electron chi connectivity index (χ0n) is 16.8. The number of hydrogen-bond acceptors (Lipinski definition) is 2. The van der Waals surface area contributed by atoms with Gasteiger partial charge in [0.15, 0.2) is 0 Å². The monoisotopic (exact) mass is 445 g/mol. The summed E-state index contributed by atoms with van der Waals surface area (Å²) in [5.74, 6) is -2.32. The van der Waals surface area contributed by atoms with E-state index in [9.17, 15) is 27.2 Å². The molecule has 0 radical (unpaired) electrons. The summed E-state index contributed by atoms with van der Waals surface area (Å²) >= 11 is 0. The summed E-state index contributed by atoms with van der Waals surface area (Å²) in [5.41, 5.74) is 0.106. The van der Waals surface area contributed by atoms with Gasteiger partial charge in [-0.15, -0.1) is 0 Å². The molecule has 32 heavy (non-hydrogen) atoms. The van der Waals surface area contributed by atoms with E-state index in [2.05, 4.69) is 0 Å². The first-order valence-electron chi connectivity index (χ1n) is 10.1. The van der Waals surface area contributed by atoms with E-state index < -0.39 is 34.8 Å². The van der Waals surface area contributed by atoms with Gasteiger partial charge in [-0.2, -0.15) is 13.2 Å². The zero-order valence-corrected chi connectivity index (χ0v) is 16.8. The van der Waals surface area contributed by atoms with E-state index >= 15 is 0 Å². The van der Waals surface area contributed by atoms with Crippen LogP contribution in [0.25, 0.3) is 10.8 Å². The summed E-state index contributed by atoms with van der Waals surface area (Å²) in [6.45, 7) is 0.782. The minimum Gasteiger partial charge on any atom is -0.478 e. The molecule has 0 atom stereocenters. The Morgan fingerprint density at radius 3 is 2.19 bits per heavy atom. The summed E-state index contributed by atoms with van der Waals surface area (Å²) in [4.78, 5) is 25.7. The number of aromatic carboxylic acids is 1. The number of rotatable bonds is 3. The number of carboxylic acids is 1. The van der Waals surface area contributed by atoms with Crippen LogP contribution in [0.1, 0.15) is 50.6 Å². The van der Waals surface area contributed by atoms with Crippen LogP contribution in [0.15, 0.2) is 54.6 Å². The SMILES string of the molecule is O=C(O)c1ccc(C2CCN(C(=O)c3ccc(F)c4c(C(F)(F)F)cccc34)CC2)cc1. The molecule has 0 spiro atoms. The Bertz CT molecular complexity index is 1180. The zero-order chi connectivity index (χ0) is 23.0. The first kappa shape index (κ1) is 21.8. The van der Waals surface area contributed by atoms with Gasteiger partial charge < -0.3 is 10.0 Å². The molecular formula is C24H19F4NO3.